The smallest absolute Gasteiger partial charge is 0.344 e. The second-order valence-electron chi connectivity index (χ2n) is 4.16. The Bertz CT molecular complexity index is 547. The Kier molecular flexibility index (Phi) is 4.23. The highest BCUT2D eigenvalue weighted by Gasteiger charge is 2.08. The lowest BCUT2D eigenvalue weighted by atomic mass is 10.2. The van der Waals surface area contributed by atoms with E-state index in [-0.39, 0.29) is 12.6 Å². The third-order valence-electron chi connectivity index (χ3n) is 2.65. The molecule has 0 aliphatic rings. The highest BCUT2D eigenvalue weighted by molar-refractivity contribution is 5.71. The van der Waals surface area contributed by atoms with E-state index in [1.165, 1.54) is 0 Å². The van der Waals surface area contributed by atoms with Gasteiger partial charge in [0.25, 0.3) is 0 Å². The molecule has 0 radical (unpaired) electrons. The summed E-state index contributed by atoms with van der Waals surface area (Å²) in [6, 6.07) is 9.72. The molecule has 2 aromatic rings. The minimum Gasteiger partial charge on any atom is -0.480 e. The van der Waals surface area contributed by atoms with Crippen LogP contribution in [0.2, 0.25) is 0 Å². The average Bonchev–Trinajstić information content (AvgIpc) is 2.91. The van der Waals surface area contributed by atoms with Crippen molar-refractivity contribution in [2.75, 3.05) is 13.2 Å². The Morgan fingerprint density at radius 2 is 2.00 bits per heavy atom. The zero-order chi connectivity index (χ0) is 13.7. The van der Waals surface area contributed by atoms with E-state index in [0.717, 1.165) is 11.3 Å². The molecule has 0 aliphatic heterocycles. The van der Waals surface area contributed by atoms with Crippen LogP contribution in [0, 0.1) is 6.92 Å². The molecule has 0 aliphatic carbocycles. The van der Waals surface area contributed by atoms with Gasteiger partial charge in [-0.1, -0.05) is 6.07 Å². The summed E-state index contributed by atoms with van der Waals surface area (Å²) in [7, 11) is 0. The maximum absolute atomic E-state index is 11.3. The topological polar surface area (TPSA) is 40.5 Å². The fourth-order valence-electron chi connectivity index (χ4n) is 1.79. The Morgan fingerprint density at radius 1 is 1.26 bits per heavy atom. The largest absolute Gasteiger partial charge is 0.480 e. The van der Waals surface area contributed by atoms with E-state index >= 15 is 0 Å². The molecule has 0 fully saturated rings. The summed E-state index contributed by atoms with van der Waals surface area (Å²) in [5, 5.41) is 0. The van der Waals surface area contributed by atoms with Crippen LogP contribution >= 0.6 is 0 Å². The van der Waals surface area contributed by atoms with Crippen LogP contribution in [0.4, 0.5) is 0 Å². The van der Waals surface area contributed by atoms with Crippen LogP contribution in [0.1, 0.15) is 12.5 Å². The van der Waals surface area contributed by atoms with Crippen molar-refractivity contribution in [2.24, 2.45) is 0 Å². The number of carbonyl (C=O) groups excluding carboxylic acids is 1. The van der Waals surface area contributed by atoms with Gasteiger partial charge in [-0.25, -0.2) is 4.79 Å². The first-order valence-corrected chi connectivity index (χ1v) is 6.23. The molecule has 4 heteroatoms. The summed E-state index contributed by atoms with van der Waals surface area (Å²) in [6.07, 6.45) is 3.87. The van der Waals surface area contributed by atoms with E-state index in [9.17, 15) is 4.79 Å². The standard InChI is InChI=1S/C15H17NO3/c1-3-18-15(17)11-19-14-7-6-12(2)10-13(14)16-8-4-5-9-16/h4-10H,3,11H2,1-2H3. The van der Waals surface area contributed by atoms with Gasteiger partial charge in [-0.3, -0.25) is 0 Å². The van der Waals surface area contributed by atoms with Crippen molar-refractivity contribution in [3.8, 4) is 11.4 Å². The van der Waals surface area contributed by atoms with Gasteiger partial charge in [0.1, 0.15) is 5.75 Å². The maximum atomic E-state index is 11.3. The molecule has 0 atom stereocenters. The summed E-state index contributed by atoms with van der Waals surface area (Å²) >= 11 is 0. The third kappa shape index (κ3) is 3.37. The average molecular weight is 259 g/mol. The Morgan fingerprint density at radius 3 is 2.68 bits per heavy atom. The normalized spacial score (nSPS) is 10.2. The van der Waals surface area contributed by atoms with Crippen molar-refractivity contribution in [1.29, 1.82) is 0 Å². The molecule has 0 bridgehead atoms. The highest BCUT2D eigenvalue weighted by atomic mass is 16.6. The van der Waals surface area contributed by atoms with Gasteiger partial charge in [-0.2, -0.15) is 0 Å². The number of carbonyl (C=O) groups is 1. The first-order chi connectivity index (χ1) is 9.20. The quantitative estimate of drug-likeness (QED) is 0.775. The molecule has 4 nitrogen and oxygen atoms in total. The summed E-state index contributed by atoms with van der Waals surface area (Å²) in [6.45, 7) is 4.07. The van der Waals surface area contributed by atoms with Gasteiger partial charge in [0, 0.05) is 12.4 Å². The van der Waals surface area contributed by atoms with E-state index in [1.54, 1.807) is 6.92 Å². The summed E-state index contributed by atoms with van der Waals surface area (Å²) in [5.41, 5.74) is 2.04. The summed E-state index contributed by atoms with van der Waals surface area (Å²) < 4.78 is 12.3. The Labute approximate surface area is 112 Å². The second-order valence-corrected chi connectivity index (χ2v) is 4.16. The first kappa shape index (κ1) is 13.2. The molecule has 0 saturated carbocycles. The maximum Gasteiger partial charge on any atom is 0.344 e. The number of aromatic nitrogens is 1. The molecule has 1 aromatic heterocycles. The van der Waals surface area contributed by atoms with E-state index < -0.39 is 0 Å². The van der Waals surface area contributed by atoms with Crippen molar-refractivity contribution in [3.63, 3.8) is 0 Å². The monoisotopic (exact) mass is 259 g/mol. The highest BCUT2D eigenvalue weighted by Crippen LogP contribution is 2.24. The van der Waals surface area contributed by atoms with Gasteiger partial charge in [-0.05, 0) is 43.7 Å². The Balaban J connectivity index is 2.18. The Hall–Kier alpha value is -2.23. The van der Waals surface area contributed by atoms with Crippen molar-refractivity contribution in [3.05, 3.63) is 48.3 Å². The lowest BCUT2D eigenvalue weighted by Gasteiger charge is -2.12. The van der Waals surface area contributed by atoms with Gasteiger partial charge >= 0.3 is 5.97 Å². The van der Waals surface area contributed by atoms with Crippen LogP contribution in [0.3, 0.4) is 0 Å². The third-order valence-corrected chi connectivity index (χ3v) is 2.65. The van der Waals surface area contributed by atoms with Crippen molar-refractivity contribution in [2.45, 2.75) is 13.8 Å². The van der Waals surface area contributed by atoms with Gasteiger partial charge in [0.05, 0.1) is 12.3 Å². The van der Waals surface area contributed by atoms with Crippen molar-refractivity contribution in [1.82, 2.24) is 4.57 Å². The molecule has 0 amide bonds. The molecule has 100 valence electrons. The first-order valence-electron chi connectivity index (χ1n) is 6.23. The molecule has 0 saturated heterocycles. The molecule has 19 heavy (non-hydrogen) atoms. The molecular weight excluding hydrogens is 242 g/mol. The number of nitrogens with zero attached hydrogens (tertiary/aromatic N) is 1. The van der Waals surface area contributed by atoms with Gasteiger partial charge < -0.3 is 14.0 Å². The summed E-state index contributed by atoms with van der Waals surface area (Å²) in [5.74, 6) is 0.302. The van der Waals surface area contributed by atoms with Gasteiger partial charge in [0.15, 0.2) is 6.61 Å². The fourth-order valence-corrected chi connectivity index (χ4v) is 1.79. The second kappa shape index (κ2) is 6.09. The van der Waals surface area contributed by atoms with Gasteiger partial charge in [0.2, 0.25) is 0 Å². The van der Waals surface area contributed by atoms with Crippen LogP contribution in [-0.2, 0) is 9.53 Å². The molecule has 2 rings (SSSR count). The number of ether oxygens (including phenoxy) is 2. The van der Waals surface area contributed by atoms with Crippen LogP contribution in [-0.4, -0.2) is 23.8 Å². The lowest BCUT2D eigenvalue weighted by molar-refractivity contribution is -0.145. The number of hydrogen-bond donors (Lipinski definition) is 0. The SMILES string of the molecule is CCOC(=O)COc1ccc(C)cc1-n1cccc1. The number of aryl methyl sites for hydroxylation is 1. The summed E-state index contributed by atoms with van der Waals surface area (Å²) in [4.78, 5) is 11.3. The fraction of sp³-hybridized carbons (Fsp3) is 0.267. The van der Waals surface area contributed by atoms with E-state index in [0.29, 0.717) is 12.4 Å². The molecule has 1 heterocycles. The van der Waals surface area contributed by atoms with Crippen molar-refractivity contribution >= 4 is 5.97 Å². The van der Waals surface area contributed by atoms with Crippen LogP contribution in [0.5, 0.6) is 5.75 Å². The van der Waals surface area contributed by atoms with Gasteiger partial charge in [-0.15, -0.1) is 0 Å². The van der Waals surface area contributed by atoms with Crippen LogP contribution in [0.15, 0.2) is 42.7 Å². The zero-order valence-corrected chi connectivity index (χ0v) is 11.1. The minimum atomic E-state index is -0.360. The number of rotatable bonds is 5. The zero-order valence-electron chi connectivity index (χ0n) is 11.1. The number of hydrogen-bond acceptors (Lipinski definition) is 3. The minimum absolute atomic E-state index is 0.0782. The molecule has 1 aromatic carbocycles. The van der Waals surface area contributed by atoms with Crippen LogP contribution in [0.25, 0.3) is 5.69 Å². The number of benzene rings is 1. The molecule has 0 N–H and O–H groups in total. The molecule has 0 unspecified atom stereocenters. The van der Waals surface area contributed by atoms with Crippen LogP contribution < -0.4 is 4.74 Å². The van der Waals surface area contributed by atoms with E-state index in [2.05, 4.69) is 0 Å². The van der Waals surface area contributed by atoms with E-state index in [4.69, 9.17) is 9.47 Å². The van der Waals surface area contributed by atoms with E-state index in [1.807, 2.05) is 54.2 Å². The predicted molar refractivity (Wildman–Crippen MR) is 72.6 cm³/mol. The lowest BCUT2D eigenvalue weighted by Crippen LogP contribution is -2.15. The van der Waals surface area contributed by atoms with Crippen molar-refractivity contribution < 1.29 is 14.3 Å². The predicted octanol–water partition coefficient (Wildman–Crippen LogP) is 2.73. The number of esters is 1. The molecule has 0 spiro atoms. The molecular formula is C15H17NO3.